The fourth-order valence-electron chi connectivity index (χ4n) is 1.80. The lowest BCUT2D eigenvalue weighted by Gasteiger charge is -2.28. The van der Waals surface area contributed by atoms with Crippen molar-refractivity contribution in [3.05, 3.63) is 0 Å². The van der Waals surface area contributed by atoms with Gasteiger partial charge in [-0.2, -0.15) is 5.26 Å². The number of rotatable bonds is 2. The van der Waals surface area contributed by atoms with E-state index >= 15 is 0 Å². The smallest absolute Gasteiger partial charge is 0.179 e. The highest BCUT2D eigenvalue weighted by Crippen LogP contribution is 2.19. The fourth-order valence-corrected chi connectivity index (χ4v) is 1.80. The molecule has 0 aromatic rings. The molecule has 0 radical (unpaired) electrons. The van der Waals surface area contributed by atoms with Crippen LogP contribution in [0.2, 0.25) is 0 Å². The van der Waals surface area contributed by atoms with Gasteiger partial charge in [-0.25, -0.2) is 0 Å². The monoisotopic (exact) mass is 152 g/mol. The van der Waals surface area contributed by atoms with Gasteiger partial charge in [0.15, 0.2) is 6.19 Å². The molecular weight excluding hydrogens is 136 g/mol. The van der Waals surface area contributed by atoms with Gasteiger partial charge in [0.05, 0.1) is 0 Å². The third kappa shape index (κ3) is 2.42. The van der Waals surface area contributed by atoms with Crippen molar-refractivity contribution in [3.63, 3.8) is 0 Å². The molecule has 0 aromatic carbocycles. The lowest BCUT2D eigenvalue weighted by atomic mass is 9.94. The summed E-state index contributed by atoms with van der Waals surface area (Å²) >= 11 is 0. The summed E-state index contributed by atoms with van der Waals surface area (Å²) in [4.78, 5) is 1.89. The van der Waals surface area contributed by atoms with Crippen LogP contribution in [0.15, 0.2) is 0 Å². The first-order valence-corrected chi connectivity index (χ1v) is 4.51. The lowest BCUT2D eigenvalue weighted by molar-refractivity contribution is 0.233. The molecule has 1 rings (SSSR count). The molecule has 1 fully saturated rings. The summed E-state index contributed by atoms with van der Waals surface area (Å²) in [5.74, 6) is 0.786. The average molecular weight is 152 g/mol. The molecule has 0 N–H and O–H groups in total. The van der Waals surface area contributed by atoms with Crippen molar-refractivity contribution in [1.29, 1.82) is 5.26 Å². The van der Waals surface area contributed by atoms with Gasteiger partial charge in [0, 0.05) is 13.1 Å². The van der Waals surface area contributed by atoms with Crippen molar-refractivity contribution in [1.82, 2.24) is 4.90 Å². The quantitative estimate of drug-likeness (QED) is 0.566. The Morgan fingerprint density at radius 2 is 2.45 bits per heavy atom. The Kier molecular flexibility index (Phi) is 3.22. The predicted molar refractivity (Wildman–Crippen MR) is 44.8 cm³/mol. The number of hydrogen-bond donors (Lipinski definition) is 0. The minimum absolute atomic E-state index is 0.786. The van der Waals surface area contributed by atoms with Gasteiger partial charge in [-0.15, -0.1) is 0 Å². The molecule has 0 bridgehead atoms. The van der Waals surface area contributed by atoms with Crippen LogP contribution in [0.25, 0.3) is 0 Å². The molecule has 1 aliphatic heterocycles. The third-order valence-corrected chi connectivity index (χ3v) is 2.36. The van der Waals surface area contributed by atoms with E-state index in [2.05, 4.69) is 13.1 Å². The Hall–Kier alpha value is -0.710. The summed E-state index contributed by atoms with van der Waals surface area (Å²) in [6.45, 7) is 4.20. The highest BCUT2D eigenvalue weighted by molar-refractivity contribution is 4.81. The average Bonchev–Trinajstić information content (AvgIpc) is 2.06. The van der Waals surface area contributed by atoms with Crippen LogP contribution < -0.4 is 0 Å². The molecule has 1 atom stereocenters. The Labute approximate surface area is 68.8 Å². The van der Waals surface area contributed by atoms with E-state index in [4.69, 9.17) is 5.26 Å². The second-order valence-electron chi connectivity index (χ2n) is 3.34. The summed E-state index contributed by atoms with van der Waals surface area (Å²) in [7, 11) is 0. The highest BCUT2D eigenvalue weighted by atomic mass is 15.1. The van der Waals surface area contributed by atoms with Crippen LogP contribution in [0.4, 0.5) is 0 Å². The van der Waals surface area contributed by atoms with E-state index in [0.717, 1.165) is 19.0 Å². The molecule has 62 valence electrons. The summed E-state index contributed by atoms with van der Waals surface area (Å²) in [6, 6.07) is 0. The maximum Gasteiger partial charge on any atom is 0.179 e. The van der Waals surface area contributed by atoms with Crippen molar-refractivity contribution in [2.24, 2.45) is 5.92 Å². The van der Waals surface area contributed by atoms with E-state index < -0.39 is 0 Å². The summed E-state index contributed by atoms with van der Waals surface area (Å²) in [5, 5.41) is 8.65. The number of likely N-dealkylation sites (tertiary alicyclic amines) is 1. The van der Waals surface area contributed by atoms with E-state index in [1.807, 2.05) is 4.90 Å². The number of nitriles is 1. The van der Waals surface area contributed by atoms with Gasteiger partial charge in [0.1, 0.15) is 0 Å². The standard InChI is InChI=1S/C9H16N2/c1-2-4-9-5-3-6-11(7-9)8-10/h9H,2-7H2,1H3. The van der Waals surface area contributed by atoms with Crippen LogP contribution in [0.5, 0.6) is 0 Å². The molecular formula is C9H16N2. The number of hydrogen-bond acceptors (Lipinski definition) is 2. The Morgan fingerprint density at radius 3 is 3.09 bits per heavy atom. The maximum absolute atomic E-state index is 8.65. The van der Waals surface area contributed by atoms with Crippen molar-refractivity contribution in [3.8, 4) is 6.19 Å². The summed E-state index contributed by atoms with van der Waals surface area (Å²) in [6.07, 6.45) is 7.30. The molecule has 11 heavy (non-hydrogen) atoms. The molecule has 1 heterocycles. The Balaban J connectivity index is 2.29. The topological polar surface area (TPSA) is 27.0 Å². The van der Waals surface area contributed by atoms with Crippen molar-refractivity contribution in [2.45, 2.75) is 32.6 Å². The molecule has 1 aliphatic rings. The number of piperidine rings is 1. The summed E-state index contributed by atoms with van der Waals surface area (Å²) in [5.41, 5.74) is 0. The largest absolute Gasteiger partial charge is 0.310 e. The Morgan fingerprint density at radius 1 is 1.64 bits per heavy atom. The van der Waals surface area contributed by atoms with Gasteiger partial charge in [-0.1, -0.05) is 13.3 Å². The molecule has 1 unspecified atom stereocenters. The van der Waals surface area contributed by atoms with Crippen LogP contribution in [-0.2, 0) is 0 Å². The van der Waals surface area contributed by atoms with E-state index in [-0.39, 0.29) is 0 Å². The highest BCUT2D eigenvalue weighted by Gasteiger charge is 2.17. The zero-order valence-electron chi connectivity index (χ0n) is 7.21. The molecule has 0 aromatic heterocycles. The van der Waals surface area contributed by atoms with Crippen LogP contribution >= 0.6 is 0 Å². The minimum atomic E-state index is 0.786. The van der Waals surface area contributed by atoms with E-state index in [1.165, 1.54) is 25.7 Å². The van der Waals surface area contributed by atoms with E-state index in [0.29, 0.717) is 0 Å². The predicted octanol–water partition coefficient (Wildman–Crippen LogP) is 1.98. The molecule has 0 amide bonds. The van der Waals surface area contributed by atoms with E-state index in [9.17, 15) is 0 Å². The number of nitrogens with zero attached hydrogens (tertiary/aromatic N) is 2. The van der Waals surface area contributed by atoms with Gasteiger partial charge in [0.2, 0.25) is 0 Å². The molecule has 1 saturated heterocycles. The van der Waals surface area contributed by atoms with Gasteiger partial charge >= 0.3 is 0 Å². The lowest BCUT2D eigenvalue weighted by Crippen LogP contribution is -2.31. The van der Waals surface area contributed by atoms with Crippen LogP contribution in [0, 0.1) is 17.4 Å². The first-order valence-electron chi connectivity index (χ1n) is 4.51. The first kappa shape index (κ1) is 8.39. The van der Waals surface area contributed by atoms with Crippen LogP contribution in [0.1, 0.15) is 32.6 Å². The Bertz CT molecular complexity index is 146. The zero-order chi connectivity index (χ0) is 8.10. The molecule has 0 saturated carbocycles. The SMILES string of the molecule is CCCC1CCCN(C#N)C1. The second kappa shape index (κ2) is 4.23. The van der Waals surface area contributed by atoms with Crippen molar-refractivity contribution in [2.75, 3.05) is 13.1 Å². The molecule has 0 aliphatic carbocycles. The second-order valence-corrected chi connectivity index (χ2v) is 3.34. The van der Waals surface area contributed by atoms with Crippen LogP contribution in [0.3, 0.4) is 0 Å². The molecule has 2 heteroatoms. The zero-order valence-corrected chi connectivity index (χ0v) is 7.21. The van der Waals surface area contributed by atoms with Crippen LogP contribution in [-0.4, -0.2) is 18.0 Å². The van der Waals surface area contributed by atoms with E-state index in [1.54, 1.807) is 0 Å². The van der Waals surface area contributed by atoms with Crippen molar-refractivity contribution >= 4 is 0 Å². The maximum atomic E-state index is 8.65. The van der Waals surface area contributed by atoms with Gasteiger partial charge in [-0.05, 0) is 25.2 Å². The third-order valence-electron chi connectivity index (χ3n) is 2.36. The molecule has 0 spiro atoms. The normalized spacial score (nSPS) is 24.7. The fraction of sp³-hybridized carbons (Fsp3) is 0.889. The van der Waals surface area contributed by atoms with Gasteiger partial charge in [-0.3, -0.25) is 0 Å². The first-order chi connectivity index (χ1) is 5.36. The summed E-state index contributed by atoms with van der Waals surface area (Å²) < 4.78 is 0. The minimum Gasteiger partial charge on any atom is -0.310 e. The van der Waals surface area contributed by atoms with Gasteiger partial charge in [0.25, 0.3) is 0 Å². The van der Waals surface area contributed by atoms with Gasteiger partial charge < -0.3 is 4.90 Å². The van der Waals surface area contributed by atoms with Crippen molar-refractivity contribution < 1.29 is 0 Å². The molecule has 2 nitrogen and oxygen atoms in total.